The van der Waals surface area contributed by atoms with Gasteiger partial charge in [0.05, 0.1) is 4.92 Å². The highest BCUT2D eigenvalue weighted by Crippen LogP contribution is 2.33. The monoisotopic (exact) mass is 391 g/mol. The summed E-state index contributed by atoms with van der Waals surface area (Å²) in [6.45, 7) is 5.12. The molecule has 2 aromatic carbocycles. The van der Waals surface area contributed by atoms with Gasteiger partial charge in [-0.25, -0.2) is 8.78 Å². The lowest BCUT2D eigenvalue weighted by Crippen LogP contribution is -2.44. The van der Waals surface area contributed by atoms with Gasteiger partial charge in [-0.2, -0.15) is 0 Å². The highest BCUT2D eigenvalue weighted by molar-refractivity contribution is 5.50. The number of nitro benzene ring substituents is 1. The zero-order valence-electron chi connectivity index (χ0n) is 15.7. The molecule has 1 heterocycles. The Morgan fingerprint density at radius 3 is 2.46 bits per heavy atom. The molecular formula is C20H23F2N3O3. The highest BCUT2D eigenvalue weighted by Gasteiger charge is 2.19. The van der Waals surface area contributed by atoms with Crippen molar-refractivity contribution >= 4 is 5.69 Å². The number of aryl methyl sites for hydroxylation is 1. The highest BCUT2D eigenvalue weighted by atomic mass is 19.1. The lowest BCUT2D eigenvalue weighted by molar-refractivity contribution is -0.385. The van der Waals surface area contributed by atoms with Gasteiger partial charge in [0.25, 0.3) is 0 Å². The van der Waals surface area contributed by atoms with E-state index in [-0.39, 0.29) is 17.2 Å². The molecular weight excluding hydrogens is 368 g/mol. The van der Waals surface area contributed by atoms with Gasteiger partial charge >= 0.3 is 5.69 Å². The van der Waals surface area contributed by atoms with Crippen molar-refractivity contribution in [3.63, 3.8) is 0 Å². The minimum Gasteiger partial charge on any atom is -0.447 e. The van der Waals surface area contributed by atoms with Crippen molar-refractivity contribution in [2.24, 2.45) is 0 Å². The van der Waals surface area contributed by atoms with Crippen LogP contribution in [0, 0.1) is 21.7 Å². The molecule has 1 fully saturated rings. The van der Waals surface area contributed by atoms with Gasteiger partial charge < -0.3 is 14.5 Å². The zero-order chi connectivity index (χ0) is 20.1. The second kappa shape index (κ2) is 9.07. The molecule has 0 saturated carbocycles. The number of nitrogens with zero attached hydrogens (tertiary/aromatic N) is 3. The third kappa shape index (κ3) is 5.24. The van der Waals surface area contributed by atoms with Crippen molar-refractivity contribution in [2.45, 2.75) is 12.8 Å². The molecule has 0 aromatic heterocycles. The Kier molecular flexibility index (Phi) is 6.53. The van der Waals surface area contributed by atoms with Crippen LogP contribution in [0.3, 0.4) is 0 Å². The first kappa shape index (κ1) is 20.2. The number of hydrogen-bond acceptors (Lipinski definition) is 5. The van der Waals surface area contributed by atoms with E-state index in [1.807, 2.05) is 0 Å². The largest absolute Gasteiger partial charge is 0.447 e. The zero-order valence-corrected chi connectivity index (χ0v) is 15.7. The van der Waals surface area contributed by atoms with Crippen LogP contribution in [0.1, 0.15) is 12.0 Å². The van der Waals surface area contributed by atoms with E-state index in [0.717, 1.165) is 56.8 Å². The van der Waals surface area contributed by atoms with E-state index in [0.29, 0.717) is 12.5 Å². The second-order valence-electron chi connectivity index (χ2n) is 6.98. The van der Waals surface area contributed by atoms with Crippen LogP contribution in [-0.4, -0.2) is 54.5 Å². The summed E-state index contributed by atoms with van der Waals surface area (Å²) in [5, 5.41) is 11.4. The summed E-state index contributed by atoms with van der Waals surface area (Å²) in [5.41, 5.74) is 0.591. The molecule has 1 saturated heterocycles. The Bertz CT molecular complexity index is 839. The van der Waals surface area contributed by atoms with Gasteiger partial charge in [-0.15, -0.1) is 0 Å². The van der Waals surface area contributed by atoms with Gasteiger partial charge in [-0.3, -0.25) is 10.1 Å². The van der Waals surface area contributed by atoms with Crippen LogP contribution in [0.25, 0.3) is 0 Å². The molecule has 0 amide bonds. The molecule has 0 aliphatic carbocycles. The van der Waals surface area contributed by atoms with Crippen molar-refractivity contribution in [3.8, 4) is 11.5 Å². The quantitative estimate of drug-likeness (QED) is 0.530. The van der Waals surface area contributed by atoms with E-state index < -0.39 is 16.6 Å². The fourth-order valence-corrected chi connectivity index (χ4v) is 3.20. The number of rotatable bonds is 7. The summed E-state index contributed by atoms with van der Waals surface area (Å²) in [6, 6.07) is 7.49. The molecule has 150 valence electrons. The van der Waals surface area contributed by atoms with Gasteiger partial charge in [0.1, 0.15) is 5.82 Å². The van der Waals surface area contributed by atoms with Crippen molar-refractivity contribution in [1.29, 1.82) is 0 Å². The second-order valence-corrected chi connectivity index (χ2v) is 6.98. The Labute approximate surface area is 162 Å². The predicted octanol–water partition coefficient (Wildman–Crippen LogP) is 3.85. The van der Waals surface area contributed by atoms with E-state index in [4.69, 9.17) is 4.74 Å². The van der Waals surface area contributed by atoms with Crippen LogP contribution in [0.5, 0.6) is 11.5 Å². The molecule has 0 radical (unpaired) electrons. The van der Waals surface area contributed by atoms with Crippen molar-refractivity contribution in [2.75, 3.05) is 39.8 Å². The minimum atomic E-state index is -0.912. The van der Waals surface area contributed by atoms with E-state index in [2.05, 4.69) is 16.8 Å². The number of ether oxygens (including phenoxy) is 1. The molecule has 6 nitrogen and oxygen atoms in total. The molecule has 3 rings (SSSR count). The average molecular weight is 391 g/mol. The van der Waals surface area contributed by atoms with Gasteiger partial charge in [0.15, 0.2) is 11.6 Å². The van der Waals surface area contributed by atoms with Crippen molar-refractivity contribution in [3.05, 3.63) is 63.7 Å². The maximum Gasteiger partial charge on any atom is 0.311 e. The number of benzene rings is 2. The molecule has 8 heteroatoms. The predicted molar refractivity (Wildman–Crippen MR) is 102 cm³/mol. The smallest absolute Gasteiger partial charge is 0.311 e. The lowest BCUT2D eigenvalue weighted by atomic mass is 10.1. The Morgan fingerprint density at radius 2 is 1.79 bits per heavy atom. The number of nitro groups is 1. The summed E-state index contributed by atoms with van der Waals surface area (Å²) in [6.07, 6.45) is 1.60. The summed E-state index contributed by atoms with van der Waals surface area (Å²) in [7, 11) is 2.11. The van der Waals surface area contributed by atoms with Gasteiger partial charge in [-0.05, 0) is 50.2 Å². The summed E-state index contributed by atoms with van der Waals surface area (Å²) in [4.78, 5) is 15.5. The average Bonchev–Trinajstić information content (AvgIpc) is 2.66. The van der Waals surface area contributed by atoms with E-state index in [1.54, 1.807) is 6.07 Å². The molecule has 0 N–H and O–H groups in total. The number of hydrogen-bond donors (Lipinski definition) is 0. The summed E-state index contributed by atoms with van der Waals surface area (Å²) in [5.74, 6) is -1.98. The first-order valence-corrected chi connectivity index (χ1v) is 9.23. The number of halogens is 2. The van der Waals surface area contributed by atoms with Crippen LogP contribution in [0.15, 0.2) is 36.4 Å². The lowest BCUT2D eigenvalue weighted by Gasteiger charge is -2.32. The van der Waals surface area contributed by atoms with Crippen molar-refractivity contribution in [1.82, 2.24) is 9.80 Å². The minimum absolute atomic E-state index is 0.0710. The Hall–Kier alpha value is -2.58. The first-order valence-electron chi connectivity index (χ1n) is 9.23. The fourth-order valence-electron chi connectivity index (χ4n) is 3.20. The third-order valence-corrected chi connectivity index (χ3v) is 4.87. The van der Waals surface area contributed by atoms with Gasteiger partial charge in [0, 0.05) is 38.3 Å². The van der Waals surface area contributed by atoms with Crippen LogP contribution in [-0.2, 0) is 6.42 Å². The standard InChI is InChI=1S/C20H23F2N3O3/c1-23-9-11-24(12-10-23)8-2-3-15-4-6-20(18(13-15)25(26)27)28-19-7-5-16(21)14-17(19)22/h4-7,13-14H,2-3,8-12H2,1H3. The molecule has 1 aliphatic rings. The molecule has 1 aliphatic heterocycles. The molecule has 0 spiro atoms. The molecule has 28 heavy (non-hydrogen) atoms. The molecule has 0 bridgehead atoms. The maximum absolute atomic E-state index is 13.8. The van der Waals surface area contributed by atoms with Crippen LogP contribution >= 0.6 is 0 Å². The van der Waals surface area contributed by atoms with Crippen LogP contribution in [0.4, 0.5) is 14.5 Å². The number of likely N-dealkylation sites (N-methyl/N-ethyl adjacent to an activating group) is 1. The maximum atomic E-state index is 13.8. The topological polar surface area (TPSA) is 58.8 Å². The van der Waals surface area contributed by atoms with Crippen LogP contribution < -0.4 is 4.74 Å². The van der Waals surface area contributed by atoms with Gasteiger partial charge in [0.2, 0.25) is 5.75 Å². The van der Waals surface area contributed by atoms with Crippen LogP contribution in [0.2, 0.25) is 0 Å². The normalized spacial score (nSPS) is 15.5. The van der Waals surface area contributed by atoms with E-state index in [9.17, 15) is 18.9 Å². The van der Waals surface area contributed by atoms with Gasteiger partial charge in [-0.1, -0.05) is 6.07 Å². The Morgan fingerprint density at radius 1 is 1.07 bits per heavy atom. The molecule has 2 aromatic rings. The Balaban J connectivity index is 1.64. The number of piperazine rings is 1. The van der Waals surface area contributed by atoms with E-state index >= 15 is 0 Å². The molecule has 0 atom stereocenters. The summed E-state index contributed by atoms with van der Waals surface area (Å²) >= 11 is 0. The molecule has 0 unspecified atom stereocenters. The summed E-state index contributed by atoms with van der Waals surface area (Å²) < 4.78 is 32.1. The van der Waals surface area contributed by atoms with Crippen molar-refractivity contribution < 1.29 is 18.4 Å². The SMILES string of the molecule is CN1CCN(CCCc2ccc(Oc3ccc(F)cc3F)c([N+](=O)[O-])c2)CC1. The third-order valence-electron chi connectivity index (χ3n) is 4.87. The first-order chi connectivity index (χ1) is 13.4. The van der Waals surface area contributed by atoms with E-state index in [1.165, 1.54) is 12.1 Å². The fraction of sp³-hybridized carbons (Fsp3) is 0.400.